The highest BCUT2D eigenvalue weighted by Crippen LogP contribution is 2.19. The molecule has 3 rings (SSSR count). The molecule has 108 valence electrons. The van der Waals surface area contributed by atoms with Crippen molar-refractivity contribution >= 4 is 17.0 Å². The number of benzene rings is 1. The molecule has 6 heteroatoms. The van der Waals surface area contributed by atoms with E-state index >= 15 is 0 Å². The number of hydrogen-bond acceptors (Lipinski definition) is 4. The second kappa shape index (κ2) is 5.97. The van der Waals surface area contributed by atoms with Gasteiger partial charge in [0, 0.05) is 22.8 Å². The quantitative estimate of drug-likeness (QED) is 0.678. The number of aromatic nitrogens is 3. The number of aryl methyl sites for hydroxylation is 1. The van der Waals surface area contributed by atoms with Crippen LogP contribution in [0.2, 0.25) is 0 Å². The minimum atomic E-state index is -0.121. The lowest BCUT2D eigenvalue weighted by atomic mass is 10.1. The summed E-state index contributed by atoms with van der Waals surface area (Å²) in [7, 11) is 0. The van der Waals surface area contributed by atoms with Gasteiger partial charge in [0.1, 0.15) is 0 Å². The molecule has 0 fully saturated rings. The van der Waals surface area contributed by atoms with Crippen LogP contribution in [0.15, 0.2) is 41.3 Å². The molecule has 2 aromatic heterocycles. The highest BCUT2D eigenvalue weighted by atomic mass is 32.1. The predicted molar refractivity (Wildman–Crippen MR) is 85.7 cm³/mol. The summed E-state index contributed by atoms with van der Waals surface area (Å²) in [4.78, 5) is 16.7. The summed E-state index contributed by atoms with van der Waals surface area (Å²) in [6.07, 6.45) is 2.91. The zero-order valence-electron chi connectivity index (χ0n) is 11.6. The Hall–Kier alpha value is -2.34. The molecule has 3 N–H and O–H groups in total. The smallest absolute Gasteiger partial charge is 0.264 e. The molecule has 5 nitrogen and oxygen atoms in total. The molecule has 0 aliphatic heterocycles. The molecule has 1 aromatic carbocycles. The van der Waals surface area contributed by atoms with Crippen molar-refractivity contribution in [3.05, 3.63) is 56.8 Å². The van der Waals surface area contributed by atoms with Crippen molar-refractivity contribution in [3.63, 3.8) is 0 Å². The van der Waals surface area contributed by atoms with Crippen molar-refractivity contribution in [1.29, 1.82) is 0 Å². The third kappa shape index (κ3) is 3.22. The molecular formula is C15H16N4OS. The van der Waals surface area contributed by atoms with Gasteiger partial charge in [0.05, 0.1) is 17.2 Å². The largest absolute Gasteiger partial charge is 0.380 e. The monoisotopic (exact) mass is 300 g/mol. The van der Waals surface area contributed by atoms with Crippen LogP contribution in [0.5, 0.6) is 0 Å². The molecule has 0 aliphatic rings. The summed E-state index contributed by atoms with van der Waals surface area (Å²) in [6, 6.07) is 9.51. The van der Waals surface area contributed by atoms with E-state index in [0.717, 1.165) is 29.9 Å². The molecular weight excluding hydrogens is 284 g/mol. The maximum Gasteiger partial charge on any atom is 0.264 e. The van der Waals surface area contributed by atoms with Crippen LogP contribution in [0.3, 0.4) is 0 Å². The Bertz CT molecular complexity index is 769. The van der Waals surface area contributed by atoms with E-state index in [1.54, 1.807) is 17.4 Å². The van der Waals surface area contributed by atoms with Crippen LogP contribution in [-0.2, 0) is 13.0 Å². The molecule has 0 radical (unpaired) electrons. The average molecular weight is 300 g/mol. The highest BCUT2D eigenvalue weighted by molar-refractivity contribution is 7.11. The summed E-state index contributed by atoms with van der Waals surface area (Å²) in [5.74, 6) is 0. The third-order valence-corrected chi connectivity index (χ3v) is 4.30. The van der Waals surface area contributed by atoms with Crippen LogP contribution in [0.1, 0.15) is 16.8 Å². The molecule has 2 heterocycles. The van der Waals surface area contributed by atoms with Crippen molar-refractivity contribution in [2.45, 2.75) is 19.9 Å². The first kappa shape index (κ1) is 13.6. The molecule has 0 atom stereocenters. The van der Waals surface area contributed by atoms with E-state index in [9.17, 15) is 4.79 Å². The zero-order valence-corrected chi connectivity index (χ0v) is 12.5. The SMILES string of the molecule is CCc1ncc(CNc2ccc(-c3cc(=O)[nH][nH]3)cc2)s1. The molecule has 0 bridgehead atoms. The predicted octanol–water partition coefficient (Wildman–Crippen LogP) is 3.00. The van der Waals surface area contributed by atoms with Gasteiger partial charge in [-0.05, 0) is 24.1 Å². The molecule has 0 aliphatic carbocycles. The van der Waals surface area contributed by atoms with Crippen molar-refractivity contribution < 1.29 is 0 Å². The van der Waals surface area contributed by atoms with E-state index < -0.39 is 0 Å². The normalized spacial score (nSPS) is 10.7. The van der Waals surface area contributed by atoms with E-state index in [1.165, 1.54) is 9.88 Å². The van der Waals surface area contributed by atoms with Gasteiger partial charge in [0.25, 0.3) is 5.56 Å². The first-order chi connectivity index (χ1) is 10.2. The number of nitrogens with zero attached hydrogens (tertiary/aromatic N) is 1. The van der Waals surface area contributed by atoms with Crippen LogP contribution in [0, 0.1) is 0 Å². The van der Waals surface area contributed by atoms with Crippen molar-refractivity contribution in [1.82, 2.24) is 15.2 Å². The molecule has 21 heavy (non-hydrogen) atoms. The van der Waals surface area contributed by atoms with Gasteiger partial charge < -0.3 is 5.32 Å². The number of anilines is 1. The number of thiazole rings is 1. The summed E-state index contributed by atoms with van der Waals surface area (Å²) in [6.45, 7) is 2.89. The molecule has 0 saturated carbocycles. The first-order valence-electron chi connectivity index (χ1n) is 6.80. The van der Waals surface area contributed by atoms with Crippen LogP contribution in [-0.4, -0.2) is 15.2 Å². The van der Waals surface area contributed by atoms with Gasteiger partial charge in [-0.3, -0.25) is 15.0 Å². The van der Waals surface area contributed by atoms with Crippen molar-refractivity contribution in [2.24, 2.45) is 0 Å². The van der Waals surface area contributed by atoms with Crippen LogP contribution >= 0.6 is 11.3 Å². The van der Waals surface area contributed by atoms with Crippen LogP contribution < -0.4 is 10.9 Å². The first-order valence-corrected chi connectivity index (χ1v) is 7.62. The number of hydrogen-bond donors (Lipinski definition) is 3. The van der Waals surface area contributed by atoms with E-state index in [0.29, 0.717) is 0 Å². The number of rotatable bonds is 5. The Balaban J connectivity index is 1.65. The highest BCUT2D eigenvalue weighted by Gasteiger charge is 2.02. The maximum absolute atomic E-state index is 11.1. The summed E-state index contributed by atoms with van der Waals surface area (Å²) >= 11 is 1.74. The standard InChI is InChI=1S/C15H16N4OS/c1-2-15-17-9-12(21-15)8-16-11-5-3-10(4-6-11)13-7-14(20)19-18-13/h3-7,9,16H,2,8H2,1H3,(H2,18,19,20). The van der Waals surface area contributed by atoms with Gasteiger partial charge in [-0.1, -0.05) is 19.1 Å². The lowest BCUT2D eigenvalue weighted by molar-refractivity contribution is 1.06. The van der Waals surface area contributed by atoms with Crippen molar-refractivity contribution in [3.8, 4) is 11.3 Å². The van der Waals surface area contributed by atoms with Gasteiger partial charge >= 0.3 is 0 Å². The number of nitrogens with one attached hydrogen (secondary N) is 3. The fourth-order valence-electron chi connectivity index (χ4n) is 2.04. The van der Waals surface area contributed by atoms with Gasteiger partial charge in [-0.15, -0.1) is 11.3 Å². The average Bonchev–Trinajstić information content (AvgIpc) is 3.14. The van der Waals surface area contributed by atoms with E-state index in [1.807, 2.05) is 30.5 Å². The minimum Gasteiger partial charge on any atom is -0.380 e. The van der Waals surface area contributed by atoms with Gasteiger partial charge in [-0.2, -0.15) is 0 Å². The Kier molecular flexibility index (Phi) is 3.87. The Morgan fingerprint density at radius 1 is 1.24 bits per heavy atom. The third-order valence-electron chi connectivity index (χ3n) is 3.16. The second-order valence-corrected chi connectivity index (χ2v) is 5.88. The van der Waals surface area contributed by atoms with E-state index in [2.05, 4.69) is 27.4 Å². The van der Waals surface area contributed by atoms with Gasteiger partial charge in [-0.25, -0.2) is 4.98 Å². The topological polar surface area (TPSA) is 73.6 Å². The summed E-state index contributed by atoms with van der Waals surface area (Å²) < 4.78 is 0. The van der Waals surface area contributed by atoms with Gasteiger partial charge in [0.15, 0.2) is 0 Å². The van der Waals surface area contributed by atoms with Crippen LogP contribution in [0.25, 0.3) is 11.3 Å². The molecule has 0 unspecified atom stereocenters. The molecule has 0 amide bonds. The Morgan fingerprint density at radius 3 is 2.67 bits per heavy atom. The fraction of sp³-hybridized carbons (Fsp3) is 0.200. The van der Waals surface area contributed by atoms with Crippen molar-refractivity contribution in [2.75, 3.05) is 5.32 Å². The Labute approximate surface area is 126 Å². The minimum absolute atomic E-state index is 0.121. The Morgan fingerprint density at radius 2 is 2.05 bits per heavy atom. The zero-order chi connectivity index (χ0) is 14.7. The summed E-state index contributed by atoms with van der Waals surface area (Å²) in [5, 5.41) is 9.92. The van der Waals surface area contributed by atoms with Gasteiger partial charge in [0.2, 0.25) is 0 Å². The fourth-order valence-corrected chi connectivity index (χ4v) is 2.84. The maximum atomic E-state index is 11.1. The van der Waals surface area contributed by atoms with E-state index in [-0.39, 0.29) is 5.56 Å². The summed E-state index contributed by atoms with van der Waals surface area (Å²) in [5.41, 5.74) is 2.69. The van der Waals surface area contributed by atoms with E-state index in [4.69, 9.17) is 0 Å². The number of aromatic amines is 2. The number of H-pyrrole nitrogens is 2. The molecule has 0 saturated heterocycles. The molecule has 3 aromatic rings. The lowest BCUT2D eigenvalue weighted by Gasteiger charge is -2.05. The second-order valence-electron chi connectivity index (χ2n) is 4.68. The molecule has 0 spiro atoms. The lowest BCUT2D eigenvalue weighted by Crippen LogP contribution is -1.96. The van der Waals surface area contributed by atoms with Crippen LogP contribution in [0.4, 0.5) is 5.69 Å².